The van der Waals surface area contributed by atoms with Crippen LogP contribution in [0, 0.1) is 18.3 Å². The van der Waals surface area contributed by atoms with E-state index >= 15 is 0 Å². The maximum absolute atomic E-state index is 12.2. The third-order valence-corrected chi connectivity index (χ3v) is 3.71. The van der Waals surface area contributed by atoms with Crippen LogP contribution in [0.2, 0.25) is 0 Å². The van der Waals surface area contributed by atoms with Crippen molar-refractivity contribution in [3.63, 3.8) is 0 Å². The standard InChI is InChI=1S/C20H20N2O4/c1-14-3-10-17(11-4-14)26-19(20(24)25-2)22-18(23)12-9-15-5-7-16(13-21)8-6-15/h3-8,10-11,19H,9,12H2,1-2H3,(H,22,23). The number of nitrogens with zero attached hydrogens (tertiary/aromatic N) is 1. The molecule has 1 amide bonds. The van der Waals surface area contributed by atoms with Crippen LogP contribution in [0.4, 0.5) is 0 Å². The summed E-state index contributed by atoms with van der Waals surface area (Å²) in [5.74, 6) is -0.562. The van der Waals surface area contributed by atoms with Gasteiger partial charge in [0.15, 0.2) is 0 Å². The molecule has 0 aliphatic heterocycles. The van der Waals surface area contributed by atoms with Crippen LogP contribution in [0.15, 0.2) is 48.5 Å². The molecule has 0 fully saturated rings. The summed E-state index contributed by atoms with van der Waals surface area (Å²) in [5.41, 5.74) is 2.54. The van der Waals surface area contributed by atoms with E-state index in [-0.39, 0.29) is 12.3 Å². The summed E-state index contributed by atoms with van der Waals surface area (Å²) in [6.07, 6.45) is -0.553. The van der Waals surface area contributed by atoms with Crippen LogP contribution in [0.3, 0.4) is 0 Å². The molecule has 0 spiro atoms. The third kappa shape index (κ3) is 5.64. The number of aryl methyl sites for hydroxylation is 2. The number of benzene rings is 2. The Morgan fingerprint density at radius 2 is 1.77 bits per heavy atom. The Balaban J connectivity index is 1.93. The van der Waals surface area contributed by atoms with Gasteiger partial charge in [0.1, 0.15) is 5.75 Å². The average Bonchev–Trinajstić information content (AvgIpc) is 2.67. The summed E-state index contributed by atoms with van der Waals surface area (Å²) in [7, 11) is 1.23. The van der Waals surface area contributed by atoms with Crippen LogP contribution >= 0.6 is 0 Å². The zero-order valence-electron chi connectivity index (χ0n) is 14.7. The minimum Gasteiger partial charge on any atom is -0.465 e. The highest BCUT2D eigenvalue weighted by Crippen LogP contribution is 2.13. The molecule has 0 saturated carbocycles. The summed E-state index contributed by atoms with van der Waals surface area (Å²) in [4.78, 5) is 24.0. The van der Waals surface area contributed by atoms with Crippen molar-refractivity contribution >= 4 is 11.9 Å². The molecule has 6 heteroatoms. The summed E-state index contributed by atoms with van der Waals surface area (Å²) >= 11 is 0. The highest BCUT2D eigenvalue weighted by atomic mass is 16.6. The number of amides is 1. The van der Waals surface area contributed by atoms with Gasteiger partial charge >= 0.3 is 5.97 Å². The highest BCUT2D eigenvalue weighted by molar-refractivity contribution is 5.83. The minimum absolute atomic E-state index is 0.177. The number of carbonyl (C=O) groups is 2. The van der Waals surface area contributed by atoms with Crippen molar-refractivity contribution in [2.75, 3.05) is 7.11 Å². The first-order valence-electron chi connectivity index (χ1n) is 8.11. The number of esters is 1. The number of rotatable bonds is 7. The largest absolute Gasteiger partial charge is 0.465 e. The lowest BCUT2D eigenvalue weighted by Gasteiger charge is -2.18. The molecule has 0 aromatic heterocycles. The number of hydrogen-bond donors (Lipinski definition) is 1. The van der Waals surface area contributed by atoms with E-state index in [9.17, 15) is 9.59 Å². The lowest BCUT2D eigenvalue weighted by atomic mass is 10.1. The van der Waals surface area contributed by atoms with Gasteiger partial charge in [0.05, 0.1) is 18.7 Å². The van der Waals surface area contributed by atoms with Gasteiger partial charge in [-0.15, -0.1) is 0 Å². The van der Waals surface area contributed by atoms with E-state index in [0.29, 0.717) is 17.7 Å². The van der Waals surface area contributed by atoms with Gasteiger partial charge in [-0.25, -0.2) is 4.79 Å². The molecule has 0 bridgehead atoms. The smallest absolute Gasteiger partial charge is 0.368 e. The van der Waals surface area contributed by atoms with E-state index < -0.39 is 12.2 Å². The van der Waals surface area contributed by atoms with Gasteiger partial charge in [-0.2, -0.15) is 5.26 Å². The number of methoxy groups -OCH3 is 1. The lowest BCUT2D eigenvalue weighted by molar-refractivity contribution is -0.152. The zero-order chi connectivity index (χ0) is 18.9. The molecule has 2 aromatic rings. The number of hydrogen-bond acceptors (Lipinski definition) is 5. The van der Waals surface area contributed by atoms with Crippen LogP contribution < -0.4 is 10.1 Å². The van der Waals surface area contributed by atoms with Crippen LogP contribution in [-0.2, 0) is 20.7 Å². The fraction of sp³-hybridized carbons (Fsp3) is 0.250. The maximum Gasteiger partial charge on any atom is 0.368 e. The summed E-state index contributed by atoms with van der Waals surface area (Å²) in [5, 5.41) is 11.3. The molecular weight excluding hydrogens is 332 g/mol. The van der Waals surface area contributed by atoms with Gasteiger partial charge in [0.25, 0.3) is 6.23 Å². The molecular formula is C20H20N2O4. The van der Waals surface area contributed by atoms with Gasteiger partial charge in [0, 0.05) is 6.42 Å². The monoisotopic (exact) mass is 352 g/mol. The van der Waals surface area contributed by atoms with Crippen LogP contribution in [0.25, 0.3) is 0 Å². The molecule has 0 saturated heterocycles. The third-order valence-electron chi connectivity index (χ3n) is 3.71. The van der Waals surface area contributed by atoms with Gasteiger partial charge < -0.3 is 14.8 Å². The number of ether oxygens (including phenoxy) is 2. The molecule has 134 valence electrons. The van der Waals surface area contributed by atoms with E-state index in [1.807, 2.05) is 25.1 Å². The SMILES string of the molecule is COC(=O)C(NC(=O)CCc1ccc(C#N)cc1)Oc1ccc(C)cc1. The normalized spacial score (nSPS) is 11.1. The molecule has 0 heterocycles. The first kappa shape index (κ1) is 19.0. The molecule has 2 rings (SSSR count). The van der Waals surface area contributed by atoms with Crippen molar-refractivity contribution in [3.8, 4) is 11.8 Å². The molecule has 26 heavy (non-hydrogen) atoms. The van der Waals surface area contributed by atoms with Gasteiger partial charge in [-0.1, -0.05) is 29.8 Å². The molecule has 1 N–H and O–H groups in total. The predicted molar refractivity (Wildman–Crippen MR) is 95.2 cm³/mol. The van der Waals surface area contributed by atoms with Crippen molar-refractivity contribution in [1.82, 2.24) is 5.32 Å². The Labute approximate surface area is 152 Å². The second-order valence-corrected chi connectivity index (χ2v) is 5.71. The minimum atomic E-state index is -1.21. The molecule has 0 aliphatic carbocycles. The summed E-state index contributed by atoms with van der Waals surface area (Å²) in [6, 6.07) is 16.2. The Bertz CT molecular complexity index is 792. The number of nitrogens with one attached hydrogen (secondary N) is 1. The van der Waals surface area contributed by atoms with E-state index in [4.69, 9.17) is 10.00 Å². The van der Waals surface area contributed by atoms with Crippen LogP contribution in [-0.4, -0.2) is 25.2 Å². The summed E-state index contributed by atoms with van der Waals surface area (Å²) in [6.45, 7) is 1.94. The molecule has 6 nitrogen and oxygen atoms in total. The van der Waals surface area contributed by atoms with E-state index in [1.54, 1.807) is 36.4 Å². The first-order chi connectivity index (χ1) is 12.5. The number of carbonyl (C=O) groups excluding carboxylic acids is 2. The topological polar surface area (TPSA) is 88.4 Å². The van der Waals surface area contributed by atoms with E-state index in [2.05, 4.69) is 10.1 Å². The predicted octanol–water partition coefficient (Wildman–Crippen LogP) is 2.49. The quantitative estimate of drug-likeness (QED) is 0.611. The first-order valence-corrected chi connectivity index (χ1v) is 8.11. The fourth-order valence-corrected chi connectivity index (χ4v) is 2.22. The second kappa shape index (κ2) is 9.23. The Morgan fingerprint density at radius 3 is 2.35 bits per heavy atom. The van der Waals surface area contributed by atoms with Crippen molar-refractivity contribution in [2.24, 2.45) is 0 Å². The average molecular weight is 352 g/mol. The number of nitriles is 1. The fourth-order valence-electron chi connectivity index (χ4n) is 2.22. The van der Waals surface area contributed by atoms with Crippen molar-refractivity contribution in [2.45, 2.75) is 26.0 Å². The molecule has 1 atom stereocenters. The molecule has 2 aromatic carbocycles. The Kier molecular flexibility index (Phi) is 6.75. The summed E-state index contributed by atoms with van der Waals surface area (Å²) < 4.78 is 10.2. The molecule has 1 unspecified atom stereocenters. The van der Waals surface area contributed by atoms with Crippen molar-refractivity contribution in [3.05, 3.63) is 65.2 Å². The van der Waals surface area contributed by atoms with Gasteiger partial charge in [0.2, 0.25) is 5.91 Å². The Morgan fingerprint density at radius 1 is 1.12 bits per heavy atom. The van der Waals surface area contributed by atoms with Crippen molar-refractivity contribution < 1.29 is 19.1 Å². The van der Waals surface area contributed by atoms with Crippen molar-refractivity contribution in [1.29, 1.82) is 5.26 Å². The van der Waals surface area contributed by atoms with Gasteiger partial charge in [-0.05, 0) is 43.2 Å². The van der Waals surface area contributed by atoms with Crippen LogP contribution in [0.1, 0.15) is 23.1 Å². The zero-order valence-corrected chi connectivity index (χ0v) is 14.7. The molecule has 0 radical (unpaired) electrons. The van der Waals surface area contributed by atoms with E-state index in [1.165, 1.54) is 7.11 Å². The Hall–Kier alpha value is -3.33. The second-order valence-electron chi connectivity index (χ2n) is 5.71. The van der Waals surface area contributed by atoms with E-state index in [0.717, 1.165) is 11.1 Å². The maximum atomic E-state index is 12.2. The van der Waals surface area contributed by atoms with Gasteiger partial charge in [-0.3, -0.25) is 4.79 Å². The molecule has 0 aliphatic rings. The highest BCUT2D eigenvalue weighted by Gasteiger charge is 2.23. The lowest BCUT2D eigenvalue weighted by Crippen LogP contribution is -2.45. The van der Waals surface area contributed by atoms with Crippen LogP contribution in [0.5, 0.6) is 5.75 Å².